The minimum Gasteiger partial charge on any atom is -0.466 e. The van der Waals surface area contributed by atoms with Crippen LogP contribution in [0.3, 0.4) is 0 Å². The van der Waals surface area contributed by atoms with Crippen LogP contribution in [0.15, 0.2) is 11.8 Å². The van der Waals surface area contributed by atoms with Gasteiger partial charge < -0.3 is 101 Å². The zero-order valence-electron chi connectivity index (χ0n) is 45.1. The van der Waals surface area contributed by atoms with Crippen molar-refractivity contribution < 1.29 is 87.4 Å². The Morgan fingerprint density at radius 2 is 1.29 bits per heavy atom. The zero-order valence-corrected chi connectivity index (χ0v) is 45.1. The second kappa shape index (κ2) is 26.4. The number of amides is 5. The van der Waals surface area contributed by atoms with Crippen molar-refractivity contribution in [2.75, 3.05) is 39.8 Å². The van der Waals surface area contributed by atoms with E-state index in [9.17, 15) is 49.5 Å². The normalized spacial score (nSPS) is 28.7. The Kier molecular flexibility index (Phi) is 22.8. The summed E-state index contributed by atoms with van der Waals surface area (Å²) in [6.07, 6.45) is -13.8. The van der Waals surface area contributed by atoms with E-state index in [0.29, 0.717) is 25.1 Å². The molecule has 5 amide bonds. The van der Waals surface area contributed by atoms with Crippen LogP contribution in [0.4, 0.5) is 19.2 Å². The van der Waals surface area contributed by atoms with Crippen molar-refractivity contribution >= 4 is 30.3 Å². The van der Waals surface area contributed by atoms with Gasteiger partial charge in [-0.25, -0.2) is 19.2 Å². The van der Waals surface area contributed by atoms with Crippen LogP contribution in [0, 0.1) is 0 Å². The Morgan fingerprint density at radius 3 is 1.84 bits per heavy atom. The second-order valence-electron chi connectivity index (χ2n) is 23.0. The molecule has 1 aliphatic carbocycles. The summed E-state index contributed by atoms with van der Waals surface area (Å²) in [6, 6.07) is -5.05. The van der Waals surface area contributed by atoms with Crippen LogP contribution in [0.2, 0.25) is 0 Å². The number of ether oxygens (including phenoxy) is 8. The highest BCUT2D eigenvalue weighted by Gasteiger charge is 2.55. The summed E-state index contributed by atoms with van der Waals surface area (Å²) < 4.78 is 47.1. The highest BCUT2D eigenvalue weighted by Crippen LogP contribution is 2.35. The Morgan fingerprint density at radius 1 is 0.767 bits per heavy atom. The Labute approximate surface area is 429 Å². The smallest absolute Gasteiger partial charge is 0.410 e. The van der Waals surface area contributed by atoms with Crippen LogP contribution in [0.5, 0.6) is 0 Å². The summed E-state index contributed by atoms with van der Waals surface area (Å²) in [5, 5.41) is 71.3. The maximum Gasteiger partial charge on any atom is 0.410 e. The molecule has 1 unspecified atom stereocenters. The fourth-order valence-corrected chi connectivity index (χ4v) is 8.10. The maximum atomic E-state index is 13.9. The first-order valence-electron chi connectivity index (χ1n) is 24.8. The number of carbonyl (C=O) groups excluding carboxylic acids is 5. The molecule has 0 radical (unpaired) electrons. The summed E-state index contributed by atoms with van der Waals surface area (Å²) in [5.74, 6) is -0.658. The van der Waals surface area contributed by atoms with Gasteiger partial charge >= 0.3 is 24.4 Å². The third-order valence-corrected chi connectivity index (χ3v) is 11.2. The first kappa shape index (κ1) is 63.0. The van der Waals surface area contributed by atoms with E-state index in [2.05, 4.69) is 26.6 Å². The molecular weight excluding hydrogens is 963 g/mol. The van der Waals surface area contributed by atoms with Crippen LogP contribution >= 0.6 is 0 Å². The van der Waals surface area contributed by atoms with Crippen molar-refractivity contribution in [3.63, 3.8) is 0 Å². The molecule has 2 fully saturated rings. The molecule has 0 spiro atoms. The van der Waals surface area contributed by atoms with Crippen molar-refractivity contribution in [3.8, 4) is 0 Å². The maximum absolute atomic E-state index is 13.9. The minimum absolute atomic E-state index is 0.0978. The topological polar surface area (TPSA) is 350 Å². The number of likely N-dealkylation sites (N-methyl/N-ethyl adjacent to an activating group) is 1. The summed E-state index contributed by atoms with van der Waals surface area (Å²) >= 11 is 0. The second-order valence-corrected chi connectivity index (χ2v) is 23.0. The third kappa shape index (κ3) is 21.5. The molecule has 0 aromatic heterocycles. The van der Waals surface area contributed by atoms with Crippen LogP contribution in [0.25, 0.3) is 0 Å². The molecule has 13 atom stereocenters. The van der Waals surface area contributed by atoms with E-state index in [1.54, 1.807) is 89.2 Å². The highest BCUT2D eigenvalue weighted by atomic mass is 16.7. The summed E-state index contributed by atoms with van der Waals surface area (Å²) in [6.45, 7) is 21.2. The predicted octanol–water partition coefficient (Wildman–Crippen LogP) is 1.09. The van der Waals surface area contributed by atoms with Crippen LogP contribution in [0.1, 0.15) is 122 Å². The lowest BCUT2D eigenvalue weighted by molar-refractivity contribution is -0.311. The Balaban J connectivity index is 2.11. The molecule has 12 N–H and O–H groups in total. The minimum atomic E-state index is -1.92. The molecule has 422 valence electrons. The molecule has 73 heavy (non-hydrogen) atoms. The Bertz CT molecular complexity index is 1850. The van der Waals surface area contributed by atoms with Crippen molar-refractivity contribution in [2.24, 2.45) is 5.73 Å². The van der Waals surface area contributed by atoms with E-state index in [1.165, 1.54) is 14.0 Å². The fourth-order valence-electron chi connectivity index (χ4n) is 8.10. The number of nitrogens with one attached hydrogen (secondary N) is 5. The van der Waals surface area contributed by atoms with E-state index >= 15 is 0 Å². The number of alkyl carbamates (subject to hydrolysis) is 3. The average Bonchev–Trinajstić information content (AvgIpc) is 3.21. The number of rotatable bonds is 19. The van der Waals surface area contributed by atoms with Gasteiger partial charge in [-0.3, -0.25) is 4.79 Å². The van der Waals surface area contributed by atoms with E-state index in [4.69, 9.17) is 43.6 Å². The number of carbonyl (C=O) groups is 5. The van der Waals surface area contributed by atoms with Gasteiger partial charge in [0.15, 0.2) is 6.29 Å². The molecule has 25 heteroatoms. The molecule has 3 aliphatic rings. The van der Waals surface area contributed by atoms with Crippen molar-refractivity contribution in [1.82, 2.24) is 31.5 Å². The van der Waals surface area contributed by atoms with Gasteiger partial charge in [0.25, 0.3) is 0 Å². The van der Waals surface area contributed by atoms with E-state index in [-0.39, 0.29) is 38.9 Å². The van der Waals surface area contributed by atoms with Gasteiger partial charge in [-0.1, -0.05) is 0 Å². The summed E-state index contributed by atoms with van der Waals surface area (Å²) in [4.78, 5) is 67.3. The standard InChI is InChI=1S/C48H87N7O18/c1-44(2,3)70-40(61)51-21-19-31(57)37(60)52-29-22-30(54-42(63)72-46(7,8)9)35(32(58)34(29)69-39-33(59)36(48(13,65)25-66-39)55(14)43(64)73-47(10,11)12)68-38-28(53-41(62)71-45(4,5)6)18-17-27(67-38)24-50-23-26(56)16-15-20-49/h17,26,28-36,38-39,50,56-59,65H,15-16,18-25,49H2,1-14H3,(H,51,61)(H,52,60)(H,53,62)(H,54,63)/t26?,28-,29-,30+,31+,32-,33-,34+,35-,36-,38-,39-,48+/m1/s1. The Hall–Kier alpha value is -4.31. The van der Waals surface area contributed by atoms with Crippen LogP contribution in [-0.4, -0.2) is 202 Å². The molecule has 0 aromatic carbocycles. The number of nitrogens with two attached hydrogens (primary N) is 1. The SMILES string of the molecule is CN(C(=O)OC(C)(C)C)[C@@H]1[C@@H](O)[C@@H](O[C@@H]2[C@@H](O)[C@H](O[C@H]3OC(CNCC(O)CCCN)=CC[C@H]3NC(=O)OC(C)(C)C)[C@@H](NC(=O)OC(C)(C)C)C[C@H]2NC(=O)[C@@H](O)CCNC(=O)OC(C)(C)C)OC[C@]1(C)O. The first-order chi connectivity index (χ1) is 33.5. The number of aliphatic hydroxyl groups is 5. The number of nitrogens with zero attached hydrogens (tertiary/aromatic N) is 1. The number of aliphatic hydroxyl groups excluding tert-OH is 4. The van der Waals surface area contributed by atoms with E-state index < -0.39 is 138 Å². The van der Waals surface area contributed by atoms with Crippen molar-refractivity contribution in [3.05, 3.63) is 11.8 Å². The van der Waals surface area contributed by atoms with Gasteiger partial charge in [-0.2, -0.15) is 0 Å². The van der Waals surface area contributed by atoms with Crippen molar-refractivity contribution in [1.29, 1.82) is 0 Å². The highest BCUT2D eigenvalue weighted by molar-refractivity contribution is 5.81. The molecule has 0 bridgehead atoms. The molecule has 3 rings (SSSR count). The van der Waals surface area contributed by atoms with E-state index in [1.807, 2.05) is 0 Å². The average molecular weight is 1050 g/mol. The van der Waals surface area contributed by atoms with Gasteiger partial charge in [0.05, 0.1) is 43.4 Å². The lowest BCUT2D eigenvalue weighted by atomic mass is 9.82. The largest absolute Gasteiger partial charge is 0.466 e. The van der Waals surface area contributed by atoms with Gasteiger partial charge in [0.1, 0.15) is 64.3 Å². The zero-order chi connectivity index (χ0) is 55.4. The molecular formula is C48H87N7O18. The van der Waals surface area contributed by atoms with Gasteiger partial charge in [0.2, 0.25) is 12.2 Å². The summed E-state index contributed by atoms with van der Waals surface area (Å²) in [7, 11) is 1.31. The van der Waals surface area contributed by atoms with Gasteiger partial charge in [0, 0.05) is 20.1 Å². The third-order valence-electron chi connectivity index (χ3n) is 11.2. The van der Waals surface area contributed by atoms with Gasteiger partial charge in [-0.15, -0.1) is 0 Å². The summed E-state index contributed by atoms with van der Waals surface area (Å²) in [5.41, 5.74) is 0.0328. The number of hydrogen-bond acceptors (Lipinski definition) is 20. The monoisotopic (exact) mass is 1050 g/mol. The van der Waals surface area contributed by atoms with Crippen LogP contribution < -0.4 is 32.3 Å². The quantitative estimate of drug-likeness (QED) is 0.0807. The first-order valence-corrected chi connectivity index (χ1v) is 24.8. The lowest BCUT2D eigenvalue weighted by Crippen LogP contribution is -2.71. The lowest BCUT2D eigenvalue weighted by Gasteiger charge is -2.50. The predicted molar refractivity (Wildman–Crippen MR) is 262 cm³/mol. The molecule has 2 heterocycles. The fraction of sp³-hybridized carbons (Fsp3) is 0.854. The number of hydrogen-bond donors (Lipinski definition) is 11. The van der Waals surface area contributed by atoms with E-state index in [0.717, 1.165) is 4.90 Å². The molecule has 2 aliphatic heterocycles. The van der Waals surface area contributed by atoms with Gasteiger partial charge in [-0.05, 0) is 135 Å². The molecule has 0 aromatic rings. The van der Waals surface area contributed by atoms with Crippen LogP contribution in [-0.2, 0) is 42.7 Å². The molecule has 25 nitrogen and oxygen atoms in total. The molecule has 1 saturated carbocycles. The molecule has 1 saturated heterocycles. The van der Waals surface area contributed by atoms with Crippen molar-refractivity contribution in [2.45, 2.75) is 223 Å².